The van der Waals surface area contributed by atoms with Crippen LogP contribution in [-0.2, 0) is 25.5 Å². The fraction of sp³-hybridized carbons (Fsp3) is 0.333. The van der Waals surface area contributed by atoms with Gasteiger partial charge in [0.2, 0.25) is 0 Å². The first-order chi connectivity index (χ1) is 11.1. The summed E-state index contributed by atoms with van der Waals surface area (Å²) in [5, 5.41) is 0. The van der Waals surface area contributed by atoms with Crippen molar-refractivity contribution in [2.75, 3.05) is 27.3 Å². The minimum atomic E-state index is -0.459. The minimum absolute atomic E-state index is 0.360. The minimum Gasteiger partial charge on any atom is -0.466 e. The maximum absolute atomic E-state index is 11.8. The number of ether oxygens (including phenoxy) is 2. The number of esters is 2. The predicted molar refractivity (Wildman–Crippen MR) is 86.5 cm³/mol. The highest BCUT2D eigenvalue weighted by Gasteiger charge is 2.21. The Balaban J connectivity index is 2.00. The Morgan fingerprint density at radius 3 is 2.43 bits per heavy atom. The van der Waals surface area contributed by atoms with E-state index in [2.05, 4.69) is 12.1 Å². The van der Waals surface area contributed by atoms with Crippen LogP contribution in [0.15, 0.2) is 53.8 Å². The third-order valence-electron chi connectivity index (χ3n) is 3.65. The molecule has 0 spiro atoms. The zero-order valence-corrected chi connectivity index (χ0v) is 13.5. The molecule has 1 aromatic carbocycles. The molecule has 0 unspecified atom stereocenters. The van der Waals surface area contributed by atoms with Crippen molar-refractivity contribution in [2.24, 2.45) is 0 Å². The van der Waals surface area contributed by atoms with E-state index in [1.807, 2.05) is 23.1 Å². The molecular formula is C18H21NO4. The molecule has 5 nitrogen and oxygen atoms in total. The van der Waals surface area contributed by atoms with E-state index >= 15 is 0 Å². The van der Waals surface area contributed by atoms with Gasteiger partial charge in [-0.25, -0.2) is 9.59 Å². The monoisotopic (exact) mass is 315 g/mol. The van der Waals surface area contributed by atoms with Gasteiger partial charge in [0.25, 0.3) is 0 Å². The summed E-state index contributed by atoms with van der Waals surface area (Å²) in [4.78, 5) is 25.5. The second kappa shape index (κ2) is 8.17. The molecule has 5 heteroatoms. The van der Waals surface area contributed by atoms with Crippen LogP contribution in [0.3, 0.4) is 0 Å². The first-order valence-electron chi connectivity index (χ1n) is 7.51. The smallest absolute Gasteiger partial charge is 0.339 e. The van der Waals surface area contributed by atoms with E-state index in [9.17, 15) is 9.59 Å². The highest BCUT2D eigenvalue weighted by molar-refractivity contribution is 5.97. The van der Waals surface area contributed by atoms with Crippen LogP contribution in [0, 0.1) is 0 Å². The molecule has 1 aliphatic heterocycles. The second-order valence-corrected chi connectivity index (χ2v) is 5.30. The van der Waals surface area contributed by atoms with Crippen molar-refractivity contribution in [3.8, 4) is 0 Å². The zero-order chi connectivity index (χ0) is 16.7. The Kier molecular flexibility index (Phi) is 5.97. The molecule has 0 N–H and O–H groups in total. The van der Waals surface area contributed by atoms with Crippen LogP contribution in [0.25, 0.3) is 0 Å². The van der Waals surface area contributed by atoms with Crippen LogP contribution >= 0.6 is 0 Å². The van der Waals surface area contributed by atoms with Crippen LogP contribution in [0.4, 0.5) is 0 Å². The van der Waals surface area contributed by atoms with E-state index in [0.717, 1.165) is 19.4 Å². The van der Waals surface area contributed by atoms with Crippen LogP contribution in [0.1, 0.15) is 12.0 Å². The number of aryl methyl sites for hydroxylation is 1. The number of benzene rings is 1. The predicted octanol–water partition coefficient (Wildman–Crippen LogP) is 2.09. The molecule has 0 saturated heterocycles. The molecule has 0 amide bonds. The molecular weight excluding hydrogens is 294 g/mol. The molecule has 122 valence electrons. The van der Waals surface area contributed by atoms with Crippen LogP contribution < -0.4 is 0 Å². The number of rotatable bonds is 6. The summed E-state index contributed by atoms with van der Waals surface area (Å²) in [7, 11) is 2.65. The molecule has 0 aliphatic carbocycles. The van der Waals surface area contributed by atoms with Gasteiger partial charge in [0.15, 0.2) is 0 Å². The van der Waals surface area contributed by atoms with Gasteiger partial charge in [0.1, 0.15) is 0 Å². The first-order valence-corrected chi connectivity index (χ1v) is 7.51. The van der Waals surface area contributed by atoms with E-state index in [1.165, 1.54) is 25.9 Å². The van der Waals surface area contributed by atoms with Gasteiger partial charge >= 0.3 is 11.9 Å². The Hall–Kier alpha value is -2.56. The van der Waals surface area contributed by atoms with Crippen LogP contribution in [0.5, 0.6) is 0 Å². The van der Waals surface area contributed by atoms with Crippen molar-refractivity contribution < 1.29 is 19.1 Å². The Labute approximate surface area is 136 Å². The molecule has 0 bridgehead atoms. The van der Waals surface area contributed by atoms with Crippen molar-refractivity contribution >= 4 is 11.9 Å². The lowest BCUT2D eigenvalue weighted by Crippen LogP contribution is -2.29. The number of hydrogen-bond acceptors (Lipinski definition) is 5. The lowest BCUT2D eigenvalue weighted by molar-refractivity contribution is -0.136. The molecule has 0 aromatic heterocycles. The summed E-state index contributed by atoms with van der Waals surface area (Å²) < 4.78 is 9.50. The largest absolute Gasteiger partial charge is 0.466 e. The zero-order valence-electron chi connectivity index (χ0n) is 13.5. The standard InChI is InChI=1S/C18H21NO4/c1-22-17(20)15-11-16(18(21)23-2)13-19(12-15)10-6-9-14-7-4-3-5-8-14/h3-5,7-8,11-12H,6,9-10,13H2,1-2H3. The summed E-state index contributed by atoms with van der Waals surface area (Å²) in [6.45, 7) is 1.17. The SMILES string of the molecule is COC(=O)C1=CN(CCCc2ccccc2)CC(C(=O)OC)=C1. The van der Waals surface area contributed by atoms with Gasteiger partial charge in [-0.2, -0.15) is 0 Å². The maximum atomic E-state index is 11.8. The summed E-state index contributed by atoms with van der Waals surface area (Å²) >= 11 is 0. The highest BCUT2D eigenvalue weighted by atomic mass is 16.5. The maximum Gasteiger partial charge on any atom is 0.339 e. The molecule has 2 rings (SSSR count). The number of hydrogen-bond donors (Lipinski definition) is 0. The van der Waals surface area contributed by atoms with Crippen molar-refractivity contribution in [3.05, 3.63) is 59.3 Å². The first kappa shape index (κ1) is 16.8. The van der Waals surface area contributed by atoms with Crippen molar-refractivity contribution in [1.29, 1.82) is 0 Å². The fourth-order valence-corrected chi connectivity index (χ4v) is 2.49. The van der Waals surface area contributed by atoms with Gasteiger partial charge in [-0.1, -0.05) is 30.3 Å². The summed E-state index contributed by atoms with van der Waals surface area (Å²) in [5.41, 5.74) is 2.08. The average Bonchev–Trinajstić information content (AvgIpc) is 2.61. The topological polar surface area (TPSA) is 55.8 Å². The molecule has 1 aliphatic rings. The van der Waals surface area contributed by atoms with Crippen molar-refractivity contribution in [2.45, 2.75) is 12.8 Å². The third kappa shape index (κ3) is 4.71. The van der Waals surface area contributed by atoms with Gasteiger partial charge in [-0.3, -0.25) is 0 Å². The number of methoxy groups -OCH3 is 2. The summed E-state index contributed by atoms with van der Waals surface area (Å²) in [5.74, 6) is -0.883. The molecule has 0 fully saturated rings. The van der Waals surface area contributed by atoms with Crippen molar-refractivity contribution in [3.63, 3.8) is 0 Å². The molecule has 0 atom stereocenters. The fourth-order valence-electron chi connectivity index (χ4n) is 2.49. The van der Waals surface area contributed by atoms with Gasteiger partial charge in [0, 0.05) is 19.3 Å². The second-order valence-electron chi connectivity index (χ2n) is 5.30. The van der Waals surface area contributed by atoms with E-state index < -0.39 is 11.9 Å². The molecule has 23 heavy (non-hydrogen) atoms. The lowest BCUT2D eigenvalue weighted by atomic mass is 10.1. The van der Waals surface area contributed by atoms with Crippen LogP contribution in [-0.4, -0.2) is 44.1 Å². The van der Waals surface area contributed by atoms with E-state index in [4.69, 9.17) is 9.47 Å². The van der Waals surface area contributed by atoms with Gasteiger partial charge in [0.05, 0.1) is 25.4 Å². The number of nitrogens with zero attached hydrogens (tertiary/aromatic N) is 1. The summed E-state index contributed by atoms with van der Waals surface area (Å²) in [6.07, 6.45) is 5.13. The molecule has 0 saturated carbocycles. The van der Waals surface area contributed by atoms with Gasteiger partial charge in [-0.15, -0.1) is 0 Å². The normalized spacial score (nSPS) is 13.9. The summed E-state index contributed by atoms with van der Waals surface area (Å²) in [6, 6.07) is 10.2. The van der Waals surface area contributed by atoms with Crippen LogP contribution in [0.2, 0.25) is 0 Å². The van der Waals surface area contributed by atoms with Gasteiger partial charge < -0.3 is 14.4 Å². The van der Waals surface area contributed by atoms with E-state index in [0.29, 0.717) is 17.7 Å². The highest BCUT2D eigenvalue weighted by Crippen LogP contribution is 2.17. The molecule has 1 aromatic rings. The molecule has 1 heterocycles. The van der Waals surface area contributed by atoms with Gasteiger partial charge in [-0.05, 0) is 24.5 Å². The lowest BCUT2D eigenvalue weighted by Gasteiger charge is -2.25. The Morgan fingerprint density at radius 1 is 1.09 bits per heavy atom. The average molecular weight is 315 g/mol. The van der Waals surface area contributed by atoms with Crippen molar-refractivity contribution in [1.82, 2.24) is 4.90 Å². The third-order valence-corrected chi connectivity index (χ3v) is 3.65. The van der Waals surface area contributed by atoms with E-state index in [-0.39, 0.29) is 0 Å². The Morgan fingerprint density at radius 2 is 1.78 bits per heavy atom. The number of carbonyl (C=O) groups is 2. The molecule has 0 radical (unpaired) electrons. The van der Waals surface area contributed by atoms with E-state index in [1.54, 1.807) is 6.20 Å². The quantitative estimate of drug-likeness (QED) is 0.752. The number of carbonyl (C=O) groups excluding carboxylic acids is 2. The Bertz CT molecular complexity index is 619.